The largest absolute Gasteiger partial charge is 0.469 e. The number of ketones is 2. The van der Waals surface area contributed by atoms with Crippen LogP contribution in [0.4, 0.5) is 0 Å². The number of hydrogen-bond acceptors (Lipinski definition) is 5. The van der Waals surface area contributed by atoms with Gasteiger partial charge in [0.2, 0.25) is 0 Å². The molecular weight excluding hydrogens is 380 g/mol. The summed E-state index contributed by atoms with van der Waals surface area (Å²) in [7, 11) is 1.47. The van der Waals surface area contributed by atoms with Crippen molar-refractivity contribution in [1.82, 2.24) is 0 Å². The van der Waals surface area contributed by atoms with Crippen LogP contribution in [-0.4, -0.2) is 36.4 Å². The van der Waals surface area contributed by atoms with Gasteiger partial charge in [0.15, 0.2) is 5.78 Å². The Labute approximate surface area is 177 Å². The van der Waals surface area contributed by atoms with E-state index in [1.807, 2.05) is 6.08 Å². The third-order valence-electron chi connectivity index (χ3n) is 10.8. The summed E-state index contributed by atoms with van der Waals surface area (Å²) in [4.78, 5) is 37.6. The molecule has 6 aliphatic rings. The van der Waals surface area contributed by atoms with Crippen LogP contribution in [0, 0.1) is 34.0 Å². The van der Waals surface area contributed by atoms with Crippen LogP contribution in [0.25, 0.3) is 0 Å². The molecular formula is C25H32O5. The normalized spacial score (nSPS) is 53.5. The quantitative estimate of drug-likeness (QED) is 0.484. The Kier molecular flexibility index (Phi) is 3.62. The number of Topliss-reactive ketones (excluding diaryl/α,β-unsaturated/α-hetero) is 1. The van der Waals surface area contributed by atoms with Crippen molar-refractivity contribution < 1.29 is 23.9 Å². The molecule has 0 radical (unpaired) electrons. The third-order valence-corrected chi connectivity index (χ3v) is 10.8. The second kappa shape index (κ2) is 5.65. The molecule has 30 heavy (non-hydrogen) atoms. The molecule has 5 heteroatoms. The third kappa shape index (κ3) is 1.97. The Morgan fingerprint density at radius 1 is 1.17 bits per heavy atom. The van der Waals surface area contributed by atoms with Gasteiger partial charge >= 0.3 is 5.97 Å². The van der Waals surface area contributed by atoms with E-state index < -0.39 is 0 Å². The fraction of sp³-hybridized carbons (Fsp3) is 0.800. The van der Waals surface area contributed by atoms with Gasteiger partial charge in [0.05, 0.1) is 19.1 Å². The molecule has 5 fully saturated rings. The van der Waals surface area contributed by atoms with Crippen LogP contribution in [0.5, 0.6) is 0 Å². The Bertz CT molecular complexity index is 905. The van der Waals surface area contributed by atoms with E-state index in [-0.39, 0.29) is 51.5 Å². The molecule has 0 N–H and O–H groups in total. The van der Waals surface area contributed by atoms with Crippen molar-refractivity contribution in [2.45, 2.75) is 83.3 Å². The highest BCUT2D eigenvalue weighted by atomic mass is 16.6. The molecule has 6 rings (SSSR count). The van der Waals surface area contributed by atoms with Crippen LogP contribution in [-0.2, 0) is 23.9 Å². The summed E-state index contributed by atoms with van der Waals surface area (Å²) in [6.07, 6.45) is 9.43. The molecule has 1 aliphatic heterocycles. The van der Waals surface area contributed by atoms with Crippen molar-refractivity contribution in [3.05, 3.63) is 11.6 Å². The van der Waals surface area contributed by atoms with Crippen molar-refractivity contribution in [3.63, 3.8) is 0 Å². The average Bonchev–Trinajstić information content (AvgIpc) is 3.20. The Hall–Kier alpha value is -1.49. The second-order valence-corrected chi connectivity index (χ2v) is 11.5. The lowest BCUT2D eigenvalue weighted by Crippen LogP contribution is -2.62. The molecule has 0 aromatic rings. The minimum absolute atomic E-state index is 0.0306. The summed E-state index contributed by atoms with van der Waals surface area (Å²) >= 11 is 0. The number of fused-ring (bicyclic) bond motifs is 4. The predicted octanol–water partition coefficient (Wildman–Crippen LogP) is 3.79. The van der Waals surface area contributed by atoms with Gasteiger partial charge in [0.25, 0.3) is 0 Å². The first-order chi connectivity index (χ1) is 14.2. The lowest BCUT2D eigenvalue weighted by atomic mass is 9.42. The minimum atomic E-state index is -0.352. The molecule has 0 bridgehead atoms. The highest BCUT2D eigenvalue weighted by Gasteiger charge is 2.82. The first kappa shape index (κ1) is 19.2. The number of rotatable bonds is 1. The van der Waals surface area contributed by atoms with E-state index in [9.17, 15) is 14.4 Å². The van der Waals surface area contributed by atoms with Gasteiger partial charge in [0, 0.05) is 30.6 Å². The summed E-state index contributed by atoms with van der Waals surface area (Å²) in [6, 6.07) is 0. The van der Waals surface area contributed by atoms with Crippen molar-refractivity contribution >= 4 is 17.5 Å². The molecule has 1 heterocycles. The van der Waals surface area contributed by atoms with Crippen LogP contribution in [0.3, 0.4) is 0 Å². The average molecular weight is 413 g/mol. The number of carbonyl (C=O) groups excluding carboxylic acids is 3. The zero-order valence-corrected chi connectivity index (χ0v) is 18.3. The zero-order chi connectivity index (χ0) is 21.1. The molecule has 162 valence electrons. The van der Waals surface area contributed by atoms with Gasteiger partial charge in [0.1, 0.15) is 11.4 Å². The van der Waals surface area contributed by atoms with Crippen LogP contribution in [0.15, 0.2) is 11.6 Å². The molecule has 0 amide bonds. The summed E-state index contributed by atoms with van der Waals surface area (Å²) in [5.41, 5.74) is 0.675. The van der Waals surface area contributed by atoms with Gasteiger partial charge < -0.3 is 9.47 Å². The number of esters is 1. The van der Waals surface area contributed by atoms with Gasteiger partial charge in [-0.1, -0.05) is 19.4 Å². The number of ether oxygens (including phenoxy) is 2. The first-order valence-electron chi connectivity index (χ1n) is 11.7. The fourth-order valence-corrected chi connectivity index (χ4v) is 9.25. The predicted molar refractivity (Wildman–Crippen MR) is 108 cm³/mol. The van der Waals surface area contributed by atoms with Crippen molar-refractivity contribution in [3.8, 4) is 0 Å². The van der Waals surface area contributed by atoms with Crippen LogP contribution < -0.4 is 0 Å². The van der Waals surface area contributed by atoms with Crippen LogP contribution in [0.1, 0.15) is 71.6 Å². The van der Waals surface area contributed by atoms with E-state index in [4.69, 9.17) is 9.47 Å². The highest BCUT2D eigenvalue weighted by molar-refractivity contribution is 5.92. The SMILES string of the molecule is COC(=O)[C@@H]1CC2=CC(=O)CC[C@]2(C)[C@@]23O[C@@H]2C[C@@]2(C)C(CC[C@@]24CCC(=O)C4)C13. The highest BCUT2D eigenvalue weighted by Crippen LogP contribution is 2.80. The van der Waals surface area contributed by atoms with Crippen LogP contribution >= 0.6 is 0 Å². The van der Waals surface area contributed by atoms with Gasteiger partial charge in [-0.05, 0) is 61.3 Å². The Balaban J connectivity index is 1.49. The number of hydrogen-bond donors (Lipinski definition) is 0. The minimum Gasteiger partial charge on any atom is -0.469 e. The molecule has 1 saturated heterocycles. The maximum absolute atomic E-state index is 13.1. The van der Waals surface area contributed by atoms with Crippen molar-refractivity contribution in [2.75, 3.05) is 7.11 Å². The van der Waals surface area contributed by atoms with E-state index in [2.05, 4.69) is 13.8 Å². The maximum atomic E-state index is 13.1. The Morgan fingerprint density at radius 2 is 1.97 bits per heavy atom. The second-order valence-electron chi connectivity index (χ2n) is 11.5. The monoisotopic (exact) mass is 412 g/mol. The van der Waals surface area contributed by atoms with Gasteiger partial charge in [-0.3, -0.25) is 14.4 Å². The molecule has 5 aliphatic carbocycles. The lowest BCUT2D eigenvalue weighted by Gasteiger charge is -2.59. The van der Waals surface area contributed by atoms with Gasteiger partial charge in [-0.2, -0.15) is 0 Å². The summed E-state index contributed by atoms with van der Waals surface area (Å²) in [5, 5.41) is 0. The molecule has 2 unspecified atom stereocenters. The van der Waals surface area contributed by atoms with E-state index >= 15 is 0 Å². The first-order valence-corrected chi connectivity index (χ1v) is 11.7. The lowest BCUT2D eigenvalue weighted by molar-refractivity contribution is -0.158. The van der Waals surface area contributed by atoms with E-state index in [1.165, 1.54) is 7.11 Å². The number of methoxy groups -OCH3 is 1. The topological polar surface area (TPSA) is 73.0 Å². The molecule has 0 aromatic carbocycles. The summed E-state index contributed by atoms with van der Waals surface area (Å²) in [5.74, 6) is 0.621. The summed E-state index contributed by atoms with van der Waals surface area (Å²) in [6.45, 7) is 4.67. The zero-order valence-electron chi connectivity index (χ0n) is 18.3. The molecule has 5 nitrogen and oxygen atoms in total. The number of carbonyl (C=O) groups is 3. The van der Waals surface area contributed by atoms with Gasteiger partial charge in [-0.15, -0.1) is 0 Å². The molecule has 0 aromatic heterocycles. The smallest absolute Gasteiger partial charge is 0.309 e. The van der Waals surface area contributed by atoms with Crippen molar-refractivity contribution in [1.29, 1.82) is 0 Å². The van der Waals surface area contributed by atoms with E-state index in [0.29, 0.717) is 37.4 Å². The van der Waals surface area contributed by atoms with Crippen LogP contribution in [0.2, 0.25) is 0 Å². The fourth-order valence-electron chi connectivity index (χ4n) is 9.25. The summed E-state index contributed by atoms with van der Waals surface area (Å²) < 4.78 is 12.0. The Morgan fingerprint density at radius 3 is 2.67 bits per heavy atom. The van der Waals surface area contributed by atoms with Crippen molar-refractivity contribution in [2.24, 2.45) is 34.0 Å². The molecule has 4 saturated carbocycles. The van der Waals surface area contributed by atoms with E-state index in [0.717, 1.165) is 37.7 Å². The van der Waals surface area contributed by atoms with Gasteiger partial charge in [-0.25, -0.2) is 0 Å². The standard InChI is InChI=1S/C25H32O5/c1-22-7-4-15(26)10-14(22)11-17(21(28)29-3)20-18-6-9-24(8-5-16(27)12-24)23(18,2)13-19-25(20,22)30-19/h10,17-20H,4-9,11-13H2,1-3H3/t17-,18?,19-,20?,22+,23+,24-,25-/m1/s1. The molecule has 8 atom stereocenters. The number of epoxide rings is 1. The molecule has 2 spiro atoms. The maximum Gasteiger partial charge on any atom is 0.309 e. The van der Waals surface area contributed by atoms with E-state index in [1.54, 1.807) is 0 Å².